The van der Waals surface area contributed by atoms with Crippen molar-refractivity contribution in [3.05, 3.63) is 44.5 Å². The van der Waals surface area contributed by atoms with Gasteiger partial charge in [0.05, 0.1) is 16.3 Å². The van der Waals surface area contributed by atoms with Crippen LogP contribution in [0.2, 0.25) is 0 Å². The van der Waals surface area contributed by atoms with Gasteiger partial charge in [-0.25, -0.2) is 0 Å². The molecule has 1 unspecified atom stereocenters. The van der Waals surface area contributed by atoms with Gasteiger partial charge < -0.3 is 10.3 Å². The Kier molecular flexibility index (Phi) is 4.44. The third-order valence-electron chi connectivity index (χ3n) is 4.25. The van der Waals surface area contributed by atoms with E-state index in [0.717, 1.165) is 29.8 Å². The molecule has 0 aromatic carbocycles. The lowest BCUT2D eigenvalue weighted by Crippen LogP contribution is -2.41. The number of hydrogen-bond donors (Lipinski definition) is 3. The number of carbonyl (C=O) groups is 1. The molecule has 0 saturated carbocycles. The molecule has 2 heterocycles. The first-order chi connectivity index (χ1) is 11.5. The average Bonchev–Trinajstić information content (AvgIpc) is 2.95. The smallest absolute Gasteiger partial charge is 0.261 e. The standard InChI is InChI=1S/C16H17N5O2S/c1-8-11-6-10(3-4-13(11)21-20-8)18-14(22)12-5-9(7-17)16(24-2)19-15(12)23/h5,10H,3-4,6H2,1-2H3,(H,18,22)(H,19,23)(H,20,21). The molecule has 2 aromatic heterocycles. The fourth-order valence-electron chi connectivity index (χ4n) is 2.95. The van der Waals surface area contributed by atoms with Crippen molar-refractivity contribution in [2.24, 2.45) is 0 Å². The van der Waals surface area contributed by atoms with Crippen molar-refractivity contribution in [3.8, 4) is 6.07 Å². The number of fused-ring (bicyclic) bond motifs is 1. The highest BCUT2D eigenvalue weighted by atomic mass is 32.2. The lowest BCUT2D eigenvalue weighted by atomic mass is 9.91. The van der Waals surface area contributed by atoms with Crippen LogP contribution in [-0.4, -0.2) is 33.4 Å². The SMILES string of the molecule is CSc1[nH]c(=O)c(C(=O)NC2CCc3n[nH]c(C)c3C2)cc1C#N. The van der Waals surface area contributed by atoms with Crippen LogP contribution in [0, 0.1) is 18.3 Å². The molecule has 24 heavy (non-hydrogen) atoms. The predicted molar refractivity (Wildman–Crippen MR) is 90.2 cm³/mol. The normalized spacial score (nSPS) is 16.3. The van der Waals surface area contributed by atoms with Crippen LogP contribution in [0.1, 0.15) is 39.3 Å². The van der Waals surface area contributed by atoms with Crippen molar-refractivity contribution in [3.63, 3.8) is 0 Å². The van der Waals surface area contributed by atoms with Gasteiger partial charge >= 0.3 is 0 Å². The number of thioether (sulfide) groups is 1. The van der Waals surface area contributed by atoms with Crippen molar-refractivity contribution >= 4 is 17.7 Å². The van der Waals surface area contributed by atoms with Crippen molar-refractivity contribution < 1.29 is 4.79 Å². The first-order valence-electron chi connectivity index (χ1n) is 7.58. The molecule has 3 rings (SSSR count). The summed E-state index contributed by atoms with van der Waals surface area (Å²) in [4.78, 5) is 27.2. The number of hydrogen-bond acceptors (Lipinski definition) is 5. The minimum atomic E-state index is -0.480. The zero-order valence-corrected chi connectivity index (χ0v) is 14.2. The molecule has 0 fully saturated rings. The first kappa shape index (κ1) is 16.3. The molecular weight excluding hydrogens is 326 g/mol. The number of H-pyrrole nitrogens is 2. The Labute approximate surface area is 142 Å². The Bertz CT molecular complexity index is 893. The second-order valence-electron chi connectivity index (χ2n) is 5.76. The van der Waals surface area contributed by atoms with Crippen LogP contribution in [0.25, 0.3) is 0 Å². The second-order valence-corrected chi connectivity index (χ2v) is 6.57. The van der Waals surface area contributed by atoms with Gasteiger partial charge in [0.15, 0.2) is 0 Å². The van der Waals surface area contributed by atoms with Gasteiger partial charge in [-0.3, -0.25) is 14.7 Å². The molecule has 0 bridgehead atoms. The molecule has 7 nitrogen and oxygen atoms in total. The summed E-state index contributed by atoms with van der Waals surface area (Å²) in [5, 5.41) is 19.7. The summed E-state index contributed by atoms with van der Waals surface area (Å²) >= 11 is 1.26. The highest BCUT2D eigenvalue weighted by molar-refractivity contribution is 7.98. The lowest BCUT2D eigenvalue weighted by Gasteiger charge is -2.23. The maximum atomic E-state index is 12.5. The molecule has 3 N–H and O–H groups in total. The van der Waals surface area contributed by atoms with Gasteiger partial charge in [0.25, 0.3) is 11.5 Å². The zero-order chi connectivity index (χ0) is 17.3. The van der Waals surface area contributed by atoms with Gasteiger partial charge in [-0.15, -0.1) is 11.8 Å². The summed E-state index contributed by atoms with van der Waals surface area (Å²) < 4.78 is 0. The minimum absolute atomic E-state index is 0.0286. The molecule has 0 spiro atoms. The van der Waals surface area contributed by atoms with E-state index in [1.165, 1.54) is 17.8 Å². The number of carbonyl (C=O) groups excluding carboxylic acids is 1. The van der Waals surface area contributed by atoms with Crippen molar-refractivity contribution in [1.82, 2.24) is 20.5 Å². The minimum Gasteiger partial charge on any atom is -0.349 e. The van der Waals surface area contributed by atoms with Crippen LogP contribution in [0.5, 0.6) is 0 Å². The molecule has 0 saturated heterocycles. The zero-order valence-electron chi connectivity index (χ0n) is 13.4. The van der Waals surface area contributed by atoms with Crippen LogP contribution in [0.4, 0.5) is 0 Å². The lowest BCUT2D eigenvalue weighted by molar-refractivity contribution is 0.0932. The highest BCUT2D eigenvalue weighted by Crippen LogP contribution is 2.22. The molecule has 124 valence electrons. The summed E-state index contributed by atoms with van der Waals surface area (Å²) in [5.74, 6) is -0.449. The summed E-state index contributed by atoms with van der Waals surface area (Å²) in [6.07, 6.45) is 4.01. The van der Waals surface area contributed by atoms with Crippen LogP contribution in [0.15, 0.2) is 15.9 Å². The van der Waals surface area contributed by atoms with Crippen LogP contribution >= 0.6 is 11.8 Å². The van der Waals surface area contributed by atoms with Crippen molar-refractivity contribution in [2.75, 3.05) is 6.26 Å². The third-order valence-corrected chi connectivity index (χ3v) is 4.98. The van der Waals surface area contributed by atoms with Crippen LogP contribution in [0.3, 0.4) is 0 Å². The molecule has 1 aliphatic carbocycles. The second kappa shape index (κ2) is 6.53. The number of nitriles is 1. The summed E-state index contributed by atoms with van der Waals surface area (Å²) in [6, 6.07) is 3.32. The van der Waals surface area contributed by atoms with Gasteiger partial charge in [-0.2, -0.15) is 10.4 Å². The molecule has 0 radical (unpaired) electrons. The fraction of sp³-hybridized carbons (Fsp3) is 0.375. The number of nitrogens with one attached hydrogen (secondary N) is 3. The largest absolute Gasteiger partial charge is 0.349 e. The van der Waals surface area contributed by atoms with Gasteiger partial charge in [-0.1, -0.05) is 0 Å². The van der Waals surface area contributed by atoms with Gasteiger partial charge in [-0.05, 0) is 44.1 Å². The molecule has 8 heteroatoms. The number of aryl methyl sites for hydroxylation is 2. The van der Waals surface area contributed by atoms with Gasteiger partial charge in [0.2, 0.25) is 0 Å². The highest BCUT2D eigenvalue weighted by Gasteiger charge is 2.25. The van der Waals surface area contributed by atoms with Crippen LogP contribution < -0.4 is 10.9 Å². The van der Waals surface area contributed by atoms with E-state index in [0.29, 0.717) is 17.0 Å². The summed E-state index contributed by atoms with van der Waals surface area (Å²) in [7, 11) is 0. The maximum Gasteiger partial charge on any atom is 0.261 e. The number of aromatic amines is 2. The number of rotatable bonds is 3. The Morgan fingerprint density at radius 2 is 2.33 bits per heavy atom. The Morgan fingerprint density at radius 1 is 1.54 bits per heavy atom. The van der Waals surface area contributed by atoms with Gasteiger partial charge in [0.1, 0.15) is 11.6 Å². The molecule has 0 aliphatic heterocycles. The molecule has 1 aliphatic rings. The quantitative estimate of drug-likeness (QED) is 0.727. The van der Waals surface area contributed by atoms with E-state index in [1.54, 1.807) is 6.26 Å². The predicted octanol–water partition coefficient (Wildman–Crippen LogP) is 1.29. The van der Waals surface area contributed by atoms with E-state index < -0.39 is 11.5 Å². The van der Waals surface area contributed by atoms with E-state index >= 15 is 0 Å². The van der Waals surface area contributed by atoms with E-state index in [-0.39, 0.29) is 11.6 Å². The number of aromatic nitrogens is 3. The Hall–Kier alpha value is -2.53. The molecule has 1 atom stereocenters. The van der Waals surface area contributed by atoms with Gasteiger partial charge in [0, 0.05) is 11.7 Å². The number of nitrogens with zero attached hydrogens (tertiary/aromatic N) is 2. The third kappa shape index (κ3) is 2.95. The molecule has 1 amide bonds. The topological polar surface area (TPSA) is 114 Å². The Balaban J connectivity index is 1.80. The molecule has 2 aromatic rings. The molecular formula is C16H17N5O2S. The van der Waals surface area contributed by atoms with E-state index in [1.807, 2.05) is 13.0 Å². The monoisotopic (exact) mass is 343 g/mol. The van der Waals surface area contributed by atoms with Crippen molar-refractivity contribution in [1.29, 1.82) is 5.26 Å². The fourth-order valence-corrected chi connectivity index (χ4v) is 3.47. The summed E-state index contributed by atoms with van der Waals surface area (Å²) in [6.45, 7) is 1.96. The van der Waals surface area contributed by atoms with E-state index in [9.17, 15) is 9.59 Å². The maximum absolute atomic E-state index is 12.5. The van der Waals surface area contributed by atoms with E-state index in [4.69, 9.17) is 5.26 Å². The summed E-state index contributed by atoms with van der Waals surface area (Å²) in [5.41, 5.74) is 2.98. The average molecular weight is 343 g/mol. The number of pyridine rings is 1. The van der Waals surface area contributed by atoms with Crippen molar-refractivity contribution in [2.45, 2.75) is 37.3 Å². The van der Waals surface area contributed by atoms with E-state index in [2.05, 4.69) is 20.5 Å². The Morgan fingerprint density at radius 3 is 3.04 bits per heavy atom. The number of amides is 1. The van der Waals surface area contributed by atoms with Crippen LogP contribution in [-0.2, 0) is 12.8 Å². The first-order valence-corrected chi connectivity index (χ1v) is 8.81.